The van der Waals surface area contributed by atoms with E-state index in [2.05, 4.69) is 55.3 Å². The molecule has 0 saturated carbocycles. The predicted molar refractivity (Wildman–Crippen MR) is 80.1 cm³/mol. The summed E-state index contributed by atoms with van der Waals surface area (Å²) < 4.78 is 0. The van der Waals surface area contributed by atoms with Crippen LogP contribution in [0.2, 0.25) is 0 Å². The van der Waals surface area contributed by atoms with Crippen molar-refractivity contribution in [1.29, 1.82) is 0 Å². The molecule has 3 nitrogen and oxygen atoms in total. The molecule has 0 bridgehead atoms. The summed E-state index contributed by atoms with van der Waals surface area (Å²) in [5, 5.41) is 14.0. The third-order valence-electron chi connectivity index (χ3n) is 3.63. The Hall–Kier alpha value is -1.32. The molecule has 19 heavy (non-hydrogen) atoms. The number of rotatable bonds is 5. The second kappa shape index (κ2) is 5.76. The van der Waals surface area contributed by atoms with Gasteiger partial charge in [0.15, 0.2) is 0 Å². The van der Waals surface area contributed by atoms with Crippen LogP contribution in [0.4, 0.5) is 0 Å². The average molecular weight is 260 g/mol. The first kappa shape index (κ1) is 14.1. The molecule has 0 aliphatic rings. The number of aromatic amines is 1. The van der Waals surface area contributed by atoms with Crippen LogP contribution in [0.15, 0.2) is 30.5 Å². The Morgan fingerprint density at radius 1 is 1.26 bits per heavy atom. The van der Waals surface area contributed by atoms with Gasteiger partial charge in [-0.25, -0.2) is 0 Å². The number of aliphatic hydroxyl groups is 1. The molecule has 1 atom stereocenters. The standard InChI is InChI=1S/C16H24N2O/c1-16(2,3)15(7-9-19)18-11-12-4-5-14-13(10-12)6-8-17-14/h4-6,8,10,15,17-19H,7,9,11H2,1-3H3. The van der Waals surface area contributed by atoms with E-state index >= 15 is 0 Å². The first-order valence-corrected chi connectivity index (χ1v) is 6.91. The lowest BCUT2D eigenvalue weighted by Gasteiger charge is -2.31. The van der Waals surface area contributed by atoms with Gasteiger partial charge in [0.05, 0.1) is 0 Å². The Kier molecular flexibility index (Phi) is 4.27. The Morgan fingerprint density at radius 2 is 2.05 bits per heavy atom. The smallest absolute Gasteiger partial charge is 0.0454 e. The van der Waals surface area contributed by atoms with Crippen molar-refractivity contribution in [3.63, 3.8) is 0 Å². The number of hydrogen-bond donors (Lipinski definition) is 3. The van der Waals surface area contributed by atoms with E-state index in [1.165, 1.54) is 16.5 Å². The van der Waals surface area contributed by atoms with Gasteiger partial charge in [-0.15, -0.1) is 0 Å². The Balaban J connectivity index is 2.03. The zero-order chi connectivity index (χ0) is 13.9. The van der Waals surface area contributed by atoms with Crippen LogP contribution in [0.1, 0.15) is 32.8 Å². The third kappa shape index (κ3) is 3.58. The van der Waals surface area contributed by atoms with Crippen molar-refractivity contribution < 1.29 is 5.11 Å². The number of benzene rings is 1. The summed E-state index contributed by atoms with van der Waals surface area (Å²) in [6.07, 6.45) is 2.75. The minimum atomic E-state index is 0.154. The van der Waals surface area contributed by atoms with Crippen LogP contribution in [-0.4, -0.2) is 22.7 Å². The molecular formula is C16H24N2O. The van der Waals surface area contributed by atoms with Crippen molar-refractivity contribution in [1.82, 2.24) is 10.3 Å². The SMILES string of the molecule is CC(C)(C)C(CCO)NCc1ccc2[nH]ccc2c1. The first-order chi connectivity index (χ1) is 9.00. The molecule has 0 aliphatic heterocycles. The molecule has 0 spiro atoms. The van der Waals surface area contributed by atoms with Gasteiger partial charge in [0.25, 0.3) is 0 Å². The van der Waals surface area contributed by atoms with Crippen molar-refractivity contribution >= 4 is 10.9 Å². The van der Waals surface area contributed by atoms with Crippen LogP contribution in [0.3, 0.4) is 0 Å². The predicted octanol–water partition coefficient (Wildman–Crippen LogP) is 3.05. The van der Waals surface area contributed by atoms with Crippen LogP contribution < -0.4 is 5.32 Å². The van der Waals surface area contributed by atoms with E-state index in [9.17, 15) is 0 Å². The molecule has 0 fully saturated rings. The average Bonchev–Trinajstić information content (AvgIpc) is 2.80. The lowest BCUT2D eigenvalue weighted by Crippen LogP contribution is -2.40. The molecule has 0 saturated heterocycles. The quantitative estimate of drug-likeness (QED) is 0.774. The van der Waals surface area contributed by atoms with Gasteiger partial charge < -0.3 is 15.4 Å². The van der Waals surface area contributed by atoms with Crippen molar-refractivity contribution in [2.45, 2.75) is 39.8 Å². The van der Waals surface area contributed by atoms with Crippen molar-refractivity contribution in [2.24, 2.45) is 5.41 Å². The van der Waals surface area contributed by atoms with Gasteiger partial charge in [-0.05, 0) is 41.0 Å². The fourth-order valence-corrected chi connectivity index (χ4v) is 2.42. The second-order valence-electron chi connectivity index (χ2n) is 6.21. The van der Waals surface area contributed by atoms with Gasteiger partial charge in [0.1, 0.15) is 0 Å². The monoisotopic (exact) mass is 260 g/mol. The summed E-state index contributed by atoms with van der Waals surface area (Å²) in [4.78, 5) is 3.20. The van der Waals surface area contributed by atoms with Gasteiger partial charge in [-0.2, -0.15) is 0 Å². The van der Waals surface area contributed by atoms with Crippen LogP contribution in [-0.2, 0) is 6.54 Å². The number of nitrogens with one attached hydrogen (secondary N) is 2. The van der Waals surface area contributed by atoms with Gasteiger partial charge in [-0.1, -0.05) is 26.8 Å². The normalized spacial score (nSPS) is 13.9. The zero-order valence-corrected chi connectivity index (χ0v) is 12.0. The highest BCUT2D eigenvalue weighted by Gasteiger charge is 2.23. The molecule has 2 rings (SSSR count). The summed E-state index contributed by atoms with van der Waals surface area (Å²) in [5.41, 5.74) is 2.60. The maximum absolute atomic E-state index is 9.17. The lowest BCUT2D eigenvalue weighted by molar-refractivity contribution is 0.196. The highest BCUT2D eigenvalue weighted by atomic mass is 16.3. The van der Waals surface area contributed by atoms with E-state index in [0.29, 0.717) is 6.04 Å². The van der Waals surface area contributed by atoms with E-state index in [1.54, 1.807) is 0 Å². The summed E-state index contributed by atoms with van der Waals surface area (Å²) in [6, 6.07) is 8.87. The van der Waals surface area contributed by atoms with Crippen molar-refractivity contribution in [2.75, 3.05) is 6.61 Å². The fraction of sp³-hybridized carbons (Fsp3) is 0.500. The number of hydrogen-bond acceptors (Lipinski definition) is 2. The highest BCUT2D eigenvalue weighted by Crippen LogP contribution is 2.22. The first-order valence-electron chi connectivity index (χ1n) is 6.91. The molecule has 1 aromatic carbocycles. The van der Waals surface area contributed by atoms with Gasteiger partial charge >= 0.3 is 0 Å². The maximum atomic E-state index is 9.17. The minimum absolute atomic E-state index is 0.154. The van der Waals surface area contributed by atoms with E-state index < -0.39 is 0 Å². The molecule has 3 heteroatoms. The number of fused-ring (bicyclic) bond motifs is 1. The van der Waals surface area contributed by atoms with Crippen LogP contribution in [0.5, 0.6) is 0 Å². The maximum Gasteiger partial charge on any atom is 0.0454 e. The zero-order valence-electron chi connectivity index (χ0n) is 12.0. The second-order valence-corrected chi connectivity index (χ2v) is 6.21. The minimum Gasteiger partial charge on any atom is -0.396 e. The van der Waals surface area contributed by atoms with Crippen molar-refractivity contribution in [3.8, 4) is 0 Å². The third-order valence-corrected chi connectivity index (χ3v) is 3.63. The van der Waals surface area contributed by atoms with Crippen LogP contribution >= 0.6 is 0 Å². The topological polar surface area (TPSA) is 48.0 Å². The molecule has 1 unspecified atom stereocenters. The molecular weight excluding hydrogens is 236 g/mol. The summed E-state index contributed by atoms with van der Waals surface area (Å²) in [6.45, 7) is 7.68. The van der Waals surface area contributed by atoms with Gasteiger partial charge in [0, 0.05) is 30.9 Å². The molecule has 2 aromatic rings. The summed E-state index contributed by atoms with van der Waals surface area (Å²) in [5.74, 6) is 0. The van der Waals surface area contributed by atoms with E-state index in [1.807, 2.05) is 6.20 Å². The molecule has 0 amide bonds. The molecule has 3 N–H and O–H groups in total. The molecule has 0 aliphatic carbocycles. The van der Waals surface area contributed by atoms with Crippen molar-refractivity contribution in [3.05, 3.63) is 36.0 Å². The number of aliphatic hydroxyl groups excluding tert-OH is 1. The Bertz CT molecular complexity index is 525. The molecule has 104 valence electrons. The molecule has 0 radical (unpaired) electrons. The number of aromatic nitrogens is 1. The van der Waals surface area contributed by atoms with Crippen LogP contribution in [0.25, 0.3) is 10.9 Å². The van der Waals surface area contributed by atoms with E-state index in [0.717, 1.165) is 13.0 Å². The lowest BCUT2D eigenvalue weighted by atomic mass is 9.85. The van der Waals surface area contributed by atoms with Crippen LogP contribution in [0, 0.1) is 5.41 Å². The Morgan fingerprint density at radius 3 is 2.74 bits per heavy atom. The van der Waals surface area contributed by atoms with Gasteiger partial charge in [-0.3, -0.25) is 0 Å². The highest BCUT2D eigenvalue weighted by molar-refractivity contribution is 5.79. The van der Waals surface area contributed by atoms with E-state index in [4.69, 9.17) is 5.11 Å². The van der Waals surface area contributed by atoms with E-state index in [-0.39, 0.29) is 12.0 Å². The molecule has 1 heterocycles. The largest absolute Gasteiger partial charge is 0.396 e. The summed E-state index contributed by atoms with van der Waals surface area (Å²) in [7, 11) is 0. The number of H-pyrrole nitrogens is 1. The Labute approximate surface area is 115 Å². The van der Waals surface area contributed by atoms with Gasteiger partial charge in [0.2, 0.25) is 0 Å². The fourth-order valence-electron chi connectivity index (χ4n) is 2.42. The summed E-state index contributed by atoms with van der Waals surface area (Å²) >= 11 is 0. The molecule has 1 aromatic heterocycles.